The number of pyridine rings is 1. The maximum Gasteiger partial charge on any atom is 0.416 e. The van der Waals surface area contributed by atoms with Gasteiger partial charge >= 0.3 is 6.18 Å². The summed E-state index contributed by atoms with van der Waals surface area (Å²) >= 11 is 0. The van der Waals surface area contributed by atoms with Crippen molar-refractivity contribution in [2.24, 2.45) is 0 Å². The van der Waals surface area contributed by atoms with Crippen LogP contribution in [-0.2, 0) is 12.7 Å². The van der Waals surface area contributed by atoms with E-state index in [1.54, 1.807) is 55.9 Å². The first-order valence-electron chi connectivity index (χ1n) is 9.81. The predicted molar refractivity (Wildman–Crippen MR) is 114 cm³/mol. The van der Waals surface area contributed by atoms with Crippen molar-refractivity contribution in [1.29, 1.82) is 0 Å². The van der Waals surface area contributed by atoms with Crippen LogP contribution in [0.15, 0.2) is 73.1 Å². The lowest BCUT2D eigenvalue weighted by Gasteiger charge is -2.10. The summed E-state index contributed by atoms with van der Waals surface area (Å²) in [6, 6.07) is 15.2. The topological polar surface area (TPSA) is 81.9 Å². The van der Waals surface area contributed by atoms with Gasteiger partial charge in [0, 0.05) is 30.6 Å². The lowest BCUT2D eigenvalue weighted by Crippen LogP contribution is -2.24. The van der Waals surface area contributed by atoms with Crippen molar-refractivity contribution in [3.8, 4) is 22.7 Å². The zero-order chi connectivity index (χ0) is 23.4. The monoisotopic (exact) mass is 453 g/mol. The molecular weight excluding hydrogens is 435 g/mol. The van der Waals surface area contributed by atoms with Crippen molar-refractivity contribution >= 4 is 5.91 Å². The van der Waals surface area contributed by atoms with Crippen LogP contribution >= 0.6 is 0 Å². The Balaban J connectivity index is 1.63. The standard InChI is InChI=1S/C23H18F3N5O2/c1-33-19-4-2-3-18(13-19)31-21(16-9-11-27-12-10-16)20(29-30-31)22(32)28-14-15-5-7-17(8-6-15)23(24,25)26/h2-13H,14H2,1H3,(H,28,32). The highest BCUT2D eigenvalue weighted by molar-refractivity contribution is 5.98. The van der Waals surface area contributed by atoms with Crippen molar-refractivity contribution in [3.05, 3.63) is 89.9 Å². The van der Waals surface area contributed by atoms with Gasteiger partial charge in [-0.05, 0) is 42.0 Å². The molecule has 0 aliphatic carbocycles. The number of rotatable bonds is 6. The summed E-state index contributed by atoms with van der Waals surface area (Å²) in [7, 11) is 1.55. The number of amides is 1. The lowest BCUT2D eigenvalue weighted by atomic mass is 10.1. The molecule has 0 aliphatic heterocycles. The van der Waals surface area contributed by atoms with E-state index in [9.17, 15) is 18.0 Å². The molecular formula is C23H18F3N5O2. The van der Waals surface area contributed by atoms with E-state index >= 15 is 0 Å². The highest BCUT2D eigenvalue weighted by Gasteiger charge is 2.30. The molecule has 1 amide bonds. The molecule has 2 heterocycles. The fraction of sp³-hybridized carbons (Fsp3) is 0.130. The van der Waals surface area contributed by atoms with E-state index < -0.39 is 17.6 Å². The van der Waals surface area contributed by atoms with E-state index in [0.29, 0.717) is 28.3 Å². The number of ether oxygens (including phenoxy) is 1. The first-order valence-corrected chi connectivity index (χ1v) is 9.81. The van der Waals surface area contributed by atoms with Crippen LogP contribution in [0.5, 0.6) is 5.75 Å². The van der Waals surface area contributed by atoms with Crippen LogP contribution < -0.4 is 10.1 Å². The van der Waals surface area contributed by atoms with Crippen molar-refractivity contribution in [3.63, 3.8) is 0 Å². The van der Waals surface area contributed by atoms with E-state index in [-0.39, 0.29) is 12.2 Å². The second-order valence-corrected chi connectivity index (χ2v) is 7.01. The molecule has 168 valence electrons. The molecule has 1 N–H and O–H groups in total. The number of carbonyl (C=O) groups excluding carboxylic acids is 1. The van der Waals surface area contributed by atoms with Gasteiger partial charge in [0.25, 0.3) is 5.91 Å². The second-order valence-electron chi connectivity index (χ2n) is 7.01. The molecule has 0 saturated heterocycles. The maximum atomic E-state index is 13.0. The summed E-state index contributed by atoms with van der Waals surface area (Å²) < 4.78 is 45.0. The van der Waals surface area contributed by atoms with Crippen molar-refractivity contribution in [1.82, 2.24) is 25.3 Å². The number of alkyl halides is 3. The van der Waals surface area contributed by atoms with Crippen molar-refractivity contribution in [2.75, 3.05) is 7.11 Å². The molecule has 2 aromatic carbocycles. The first kappa shape index (κ1) is 22.0. The fourth-order valence-corrected chi connectivity index (χ4v) is 3.20. The Bertz CT molecular complexity index is 1260. The minimum absolute atomic E-state index is 0.0266. The quantitative estimate of drug-likeness (QED) is 0.471. The Morgan fingerprint density at radius 3 is 2.45 bits per heavy atom. The Kier molecular flexibility index (Phi) is 6.07. The van der Waals surface area contributed by atoms with E-state index in [4.69, 9.17) is 4.74 Å². The molecule has 4 rings (SSSR count). The summed E-state index contributed by atoms with van der Waals surface area (Å²) in [6.07, 6.45) is -1.25. The number of benzene rings is 2. The van der Waals surface area contributed by atoms with Crippen LogP contribution in [0.4, 0.5) is 13.2 Å². The van der Waals surface area contributed by atoms with Gasteiger partial charge in [0.1, 0.15) is 11.4 Å². The number of aromatic nitrogens is 4. The Morgan fingerprint density at radius 1 is 1.06 bits per heavy atom. The lowest BCUT2D eigenvalue weighted by molar-refractivity contribution is -0.137. The third-order valence-electron chi connectivity index (χ3n) is 4.87. The van der Waals surface area contributed by atoms with Gasteiger partial charge < -0.3 is 10.1 Å². The number of nitrogens with zero attached hydrogens (tertiary/aromatic N) is 4. The van der Waals surface area contributed by atoms with Gasteiger partial charge in [-0.15, -0.1) is 5.10 Å². The van der Waals surface area contributed by atoms with Crippen LogP contribution in [0, 0.1) is 0 Å². The molecule has 0 spiro atoms. The Labute approximate surface area is 186 Å². The smallest absolute Gasteiger partial charge is 0.416 e. The van der Waals surface area contributed by atoms with Crippen molar-refractivity contribution < 1.29 is 22.7 Å². The minimum Gasteiger partial charge on any atom is -0.497 e. The SMILES string of the molecule is COc1cccc(-n2nnc(C(=O)NCc3ccc(C(F)(F)F)cc3)c2-c2ccncc2)c1. The van der Waals surface area contributed by atoms with Gasteiger partial charge in [0.15, 0.2) is 5.69 Å². The van der Waals surface area contributed by atoms with Crippen molar-refractivity contribution in [2.45, 2.75) is 12.7 Å². The molecule has 7 nitrogen and oxygen atoms in total. The van der Waals surface area contributed by atoms with Gasteiger partial charge in [-0.2, -0.15) is 13.2 Å². The number of hydrogen-bond donors (Lipinski definition) is 1. The molecule has 0 saturated carbocycles. The molecule has 0 bridgehead atoms. The van der Waals surface area contributed by atoms with Gasteiger partial charge in [0.2, 0.25) is 0 Å². The molecule has 33 heavy (non-hydrogen) atoms. The zero-order valence-electron chi connectivity index (χ0n) is 17.4. The summed E-state index contributed by atoms with van der Waals surface area (Å²) in [5, 5.41) is 10.9. The van der Waals surface area contributed by atoms with E-state index in [0.717, 1.165) is 12.1 Å². The van der Waals surface area contributed by atoms with Gasteiger partial charge in [0.05, 0.1) is 18.4 Å². The van der Waals surface area contributed by atoms with E-state index in [1.807, 2.05) is 0 Å². The van der Waals surface area contributed by atoms with E-state index in [1.165, 1.54) is 16.8 Å². The molecule has 0 unspecified atom stereocenters. The molecule has 4 aromatic rings. The van der Waals surface area contributed by atoms with Crippen LogP contribution in [0.25, 0.3) is 16.9 Å². The van der Waals surface area contributed by atoms with Gasteiger partial charge in [-0.1, -0.05) is 23.4 Å². The first-order chi connectivity index (χ1) is 15.9. The average molecular weight is 453 g/mol. The molecule has 0 fully saturated rings. The molecule has 2 aromatic heterocycles. The Morgan fingerprint density at radius 2 is 1.79 bits per heavy atom. The minimum atomic E-state index is -4.42. The summed E-state index contributed by atoms with van der Waals surface area (Å²) in [5.41, 5.74) is 1.57. The summed E-state index contributed by atoms with van der Waals surface area (Å²) in [6.45, 7) is 0.0266. The highest BCUT2D eigenvalue weighted by Crippen LogP contribution is 2.29. The number of hydrogen-bond acceptors (Lipinski definition) is 5. The second kappa shape index (κ2) is 9.11. The Hall–Kier alpha value is -4.21. The average Bonchev–Trinajstić information content (AvgIpc) is 3.28. The van der Waals surface area contributed by atoms with Gasteiger partial charge in [-0.25, -0.2) is 4.68 Å². The van der Waals surface area contributed by atoms with Crippen LogP contribution in [-0.4, -0.2) is 33.0 Å². The molecule has 0 aliphatic rings. The molecule has 0 radical (unpaired) electrons. The van der Waals surface area contributed by atoms with E-state index in [2.05, 4.69) is 20.6 Å². The predicted octanol–water partition coefficient (Wildman–Crippen LogP) is 4.29. The zero-order valence-corrected chi connectivity index (χ0v) is 17.4. The number of methoxy groups -OCH3 is 1. The summed E-state index contributed by atoms with van der Waals surface area (Å²) in [5.74, 6) is 0.0906. The maximum absolute atomic E-state index is 13.0. The van der Waals surface area contributed by atoms with Crippen LogP contribution in [0.3, 0.4) is 0 Å². The third kappa shape index (κ3) is 4.84. The highest BCUT2D eigenvalue weighted by atomic mass is 19.4. The number of halogens is 3. The number of nitrogens with one attached hydrogen (secondary N) is 1. The number of carbonyl (C=O) groups is 1. The third-order valence-corrected chi connectivity index (χ3v) is 4.87. The fourth-order valence-electron chi connectivity index (χ4n) is 3.20. The van der Waals surface area contributed by atoms with Gasteiger partial charge in [-0.3, -0.25) is 9.78 Å². The molecule has 10 heteroatoms. The molecule has 0 atom stereocenters. The summed E-state index contributed by atoms with van der Waals surface area (Å²) in [4.78, 5) is 17.0. The largest absolute Gasteiger partial charge is 0.497 e. The van der Waals surface area contributed by atoms with Crippen LogP contribution in [0.1, 0.15) is 21.6 Å². The van der Waals surface area contributed by atoms with Crippen LogP contribution in [0.2, 0.25) is 0 Å². The normalized spacial score (nSPS) is 11.3.